The number of hydrogen-bond acceptors (Lipinski definition) is 8. The Morgan fingerprint density at radius 2 is 0.957 bits per heavy atom. The Morgan fingerprint density at radius 1 is 0.586 bits per heavy atom. The van der Waals surface area contributed by atoms with E-state index in [1.165, 1.54) is 73.3 Å². The minimum Gasteiger partial charge on any atom is -0.453 e. The monoisotopic (exact) mass is 947 g/mol. The number of H-pyrrole nitrogens is 2. The van der Waals surface area contributed by atoms with E-state index in [-0.39, 0.29) is 47.8 Å². The van der Waals surface area contributed by atoms with Crippen LogP contribution in [0, 0.1) is 23.7 Å². The Balaban J connectivity index is 0.813. The second-order valence-electron chi connectivity index (χ2n) is 21.2. The van der Waals surface area contributed by atoms with E-state index in [1.54, 1.807) is 0 Å². The minimum atomic E-state index is -0.659. The second-order valence-corrected chi connectivity index (χ2v) is 21.2. The van der Waals surface area contributed by atoms with Gasteiger partial charge in [0.15, 0.2) is 0 Å². The van der Waals surface area contributed by atoms with Crippen molar-refractivity contribution in [2.45, 2.75) is 140 Å². The summed E-state index contributed by atoms with van der Waals surface area (Å²) < 4.78 is 9.77. The number of fused-ring (bicyclic) bond motifs is 4. The van der Waals surface area contributed by atoms with Crippen LogP contribution in [-0.2, 0) is 19.1 Å². The number of piperidine rings is 2. The molecule has 3 saturated carbocycles. The van der Waals surface area contributed by atoms with Crippen molar-refractivity contribution in [2.24, 2.45) is 23.7 Å². The van der Waals surface area contributed by atoms with Gasteiger partial charge in [-0.2, -0.15) is 0 Å². The number of alkyl carbamates (subject to hydrolysis) is 2. The SMILES string of the molecule is CCC(C)[C@H](NC(=O)OC)C(=O)N1C2CC2C[C@H]1c1ncc(-c2ccc(-c3ccc(-c4ccc(-c5cnc([C@@H]6CC7CC7N6C(=O)[C@@H](NC(=O)OC)C(C)CC)[nH]5)cc4)c4c3C3CCC4CC3)cc2)[nH]1. The van der Waals surface area contributed by atoms with E-state index in [4.69, 9.17) is 19.4 Å². The fourth-order valence-electron chi connectivity index (χ4n) is 12.7. The molecule has 4 amide bonds. The maximum atomic E-state index is 14.1. The number of methoxy groups -OCH3 is 2. The predicted molar refractivity (Wildman–Crippen MR) is 266 cm³/mol. The smallest absolute Gasteiger partial charge is 0.407 e. The van der Waals surface area contributed by atoms with Crippen LogP contribution in [0.25, 0.3) is 44.8 Å². The predicted octanol–water partition coefficient (Wildman–Crippen LogP) is 10.4. The molecule has 366 valence electrons. The maximum absolute atomic E-state index is 14.1. The minimum absolute atomic E-state index is 0.0432. The topological polar surface area (TPSA) is 175 Å². The highest BCUT2D eigenvalue weighted by Crippen LogP contribution is 2.57. The number of imidazole rings is 2. The van der Waals surface area contributed by atoms with Crippen molar-refractivity contribution in [3.63, 3.8) is 0 Å². The summed E-state index contributed by atoms with van der Waals surface area (Å²) >= 11 is 0. The van der Waals surface area contributed by atoms with E-state index in [2.05, 4.69) is 81.3 Å². The molecule has 5 aliphatic carbocycles. The normalized spacial score (nSPS) is 26.3. The van der Waals surface area contributed by atoms with E-state index in [0.717, 1.165) is 72.7 Å². The van der Waals surface area contributed by atoms with Crippen molar-refractivity contribution in [3.8, 4) is 44.8 Å². The molecule has 14 heteroatoms. The fraction of sp³-hybridized carbons (Fsp3) is 0.500. The van der Waals surface area contributed by atoms with E-state index in [9.17, 15) is 19.2 Å². The number of ether oxygens (including phenoxy) is 2. The Bertz CT molecular complexity index is 2600. The van der Waals surface area contributed by atoms with Crippen LogP contribution in [0.2, 0.25) is 0 Å². The van der Waals surface area contributed by atoms with Gasteiger partial charge in [0.1, 0.15) is 23.7 Å². The highest BCUT2D eigenvalue weighted by Gasteiger charge is 2.57. The van der Waals surface area contributed by atoms with Gasteiger partial charge in [0.2, 0.25) is 11.8 Å². The number of hydrogen-bond donors (Lipinski definition) is 4. The number of nitrogens with one attached hydrogen (secondary N) is 4. The van der Waals surface area contributed by atoms with Crippen LogP contribution in [0.3, 0.4) is 0 Å². The van der Waals surface area contributed by atoms with Gasteiger partial charge in [-0.1, -0.05) is 101 Å². The summed E-state index contributed by atoms with van der Waals surface area (Å²) in [6.45, 7) is 8.04. The summed E-state index contributed by atoms with van der Waals surface area (Å²) in [7, 11) is 2.65. The molecule has 12 rings (SSSR count). The fourth-order valence-corrected chi connectivity index (χ4v) is 12.7. The van der Waals surface area contributed by atoms with Crippen molar-refractivity contribution < 1.29 is 28.7 Å². The van der Waals surface area contributed by atoms with Gasteiger partial charge >= 0.3 is 12.2 Å². The van der Waals surface area contributed by atoms with Crippen LogP contribution < -0.4 is 10.6 Å². The number of benzene rings is 3. The quantitative estimate of drug-likeness (QED) is 0.0851. The molecule has 2 bridgehead atoms. The zero-order chi connectivity index (χ0) is 48.5. The number of likely N-dealkylation sites (tertiary alicyclic amines) is 2. The first-order valence-electron chi connectivity index (χ1n) is 25.8. The van der Waals surface area contributed by atoms with E-state index in [1.807, 2.05) is 49.9 Å². The Hall–Kier alpha value is -6.44. The van der Waals surface area contributed by atoms with Gasteiger partial charge in [-0.05, 0) is 131 Å². The highest BCUT2D eigenvalue weighted by molar-refractivity contribution is 5.88. The van der Waals surface area contributed by atoms with Gasteiger partial charge in [-0.3, -0.25) is 9.59 Å². The molecule has 0 radical (unpaired) electrons. The Kier molecular flexibility index (Phi) is 12.1. The molecule has 14 nitrogen and oxygen atoms in total. The van der Waals surface area contributed by atoms with Crippen LogP contribution in [0.4, 0.5) is 9.59 Å². The Labute approximate surface area is 410 Å². The van der Waals surface area contributed by atoms with Crippen molar-refractivity contribution in [1.82, 2.24) is 40.4 Å². The number of carbonyl (C=O) groups excluding carboxylic acids is 4. The number of aromatic nitrogens is 4. The van der Waals surface area contributed by atoms with Crippen molar-refractivity contribution in [1.29, 1.82) is 0 Å². The van der Waals surface area contributed by atoms with Gasteiger partial charge < -0.3 is 39.9 Å². The molecule has 2 aliphatic heterocycles. The molecule has 5 aromatic rings. The van der Waals surface area contributed by atoms with E-state index >= 15 is 0 Å². The van der Waals surface area contributed by atoms with Crippen molar-refractivity contribution in [2.75, 3.05) is 14.2 Å². The Morgan fingerprint density at radius 3 is 1.31 bits per heavy atom. The molecule has 3 aromatic carbocycles. The van der Waals surface area contributed by atoms with Gasteiger partial charge in [0, 0.05) is 12.1 Å². The zero-order valence-corrected chi connectivity index (χ0v) is 41.2. The van der Waals surface area contributed by atoms with Gasteiger partial charge in [0.25, 0.3) is 0 Å². The molecular formula is C56H66N8O6. The molecule has 2 saturated heterocycles. The van der Waals surface area contributed by atoms with Crippen LogP contribution >= 0.6 is 0 Å². The van der Waals surface area contributed by atoms with Crippen molar-refractivity contribution in [3.05, 3.63) is 95.8 Å². The van der Waals surface area contributed by atoms with Gasteiger partial charge in [-0.15, -0.1) is 0 Å². The van der Waals surface area contributed by atoms with Gasteiger partial charge in [0.05, 0.1) is 50.1 Å². The summed E-state index contributed by atoms with van der Waals surface area (Å²) in [5, 5.41) is 5.64. The summed E-state index contributed by atoms with van der Waals surface area (Å²) in [5.41, 5.74) is 12.0. The molecular weight excluding hydrogens is 881 g/mol. The molecule has 4 heterocycles. The van der Waals surface area contributed by atoms with E-state index in [0.29, 0.717) is 23.7 Å². The average molecular weight is 947 g/mol. The highest BCUT2D eigenvalue weighted by atomic mass is 16.5. The second kappa shape index (κ2) is 18.4. The number of rotatable bonds is 14. The first-order chi connectivity index (χ1) is 34.0. The molecule has 0 spiro atoms. The first kappa shape index (κ1) is 46.0. The zero-order valence-electron chi connectivity index (χ0n) is 41.2. The summed E-state index contributed by atoms with van der Waals surface area (Å²) in [6.07, 6.45) is 12.6. The number of carbonyl (C=O) groups is 4. The summed E-state index contributed by atoms with van der Waals surface area (Å²) in [5.74, 6) is 3.32. The third-order valence-corrected chi connectivity index (χ3v) is 17.3. The first-order valence-corrected chi connectivity index (χ1v) is 25.8. The number of amides is 4. The lowest BCUT2D eigenvalue weighted by Gasteiger charge is -2.41. The lowest BCUT2D eigenvalue weighted by atomic mass is 9.63. The maximum Gasteiger partial charge on any atom is 0.407 e. The summed E-state index contributed by atoms with van der Waals surface area (Å²) in [4.78, 5) is 73.6. The third-order valence-electron chi connectivity index (χ3n) is 17.3. The molecule has 10 atom stereocenters. The molecule has 6 unspecified atom stereocenters. The molecule has 4 N–H and O–H groups in total. The molecule has 5 fully saturated rings. The largest absolute Gasteiger partial charge is 0.453 e. The van der Waals surface area contributed by atoms with Crippen molar-refractivity contribution >= 4 is 24.0 Å². The third kappa shape index (κ3) is 8.14. The lowest BCUT2D eigenvalue weighted by molar-refractivity contribution is -0.137. The lowest BCUT2D eigenvalue weighted by Crippen LogP contribution is -2.52. The number of nitrogens with zero attached hydrogens (tertiary/aromatic N) is 4. The van der Waals surface area contributed by atoms with Crippen LogP contribution in [0.1, 0.15) is 139 Å². The van der Waals surface area contributed by atoms with Crippen LogP contribution in [0.5, 0.6) is 0 Å². The molecule has 2 aromatic heterocycles. The number of aromatic amines is 2. The standard InChI is InChI=1S/C56H66N8O6/c1-7-29(3)49(61-55(67)69-5)53(65)63-43-23-37(43)25-45(63)51-57-27-41(59-51)33-13-9-31(10-14-33)39-21-22-40(48-36-19-17-35(18-20-36)47(39)48)32-11-15-34(16-12-32)42-28-58-52(60-42)46-26-38-24-44(38)64(46)54(66)50(30(4)8-2)62-56(68)70-6/h9-16,21-22,27-30,35-38,43-46,49-50H,7-8,17-20,23-26H2,1-6H3,(H,57,59)(H,58,60)(H,61,67)(H,62,68)/t29?,30?,35?,36?,37?,38?,43?,44?,45-,46-,49-,50-/m0/s1. The molecule has 70 heavy (non-hydrogen) atoms. The van der Waals surface area contributed by atoms with Gasteiger partial charge in [-0.25, -0.2) is 19.6 Å². The summed E-state index contributed by atoms with van der Waals surface area (Å²) in [6, 6.07) is 21.0. The van der Waals surface area contributed by atoms with E-state index < -0.39 is 24.3 Å². The molecule has 7 aliphatic rings. The van der Waals surface area contributed by atoms with Crippen LogP contribution in [0.15, 0.2) is 73.1 Å². The van der Waals surface area contributed by atoms with Crippen LogP contribution in [-0.4, -0.2) is 92.1 Å². The average Bonchev–Trinajstić information content (AvgIpc) is 3.98.